The summed E-state index contributed by atoms with van der Waals surface area (Å²) in [6.07, 6.45) is 11.0. The second kappa shape index (κ2) is 13.5. The van der Waals surface area contributed by atoms with Crippen LogP contribution in [0.1, 0.15) is 100 Å². The SMILES string of the molecule is CC[C@H]1O[C@]2(CC[C@@]1(C)COC(=O)C(C)(C)C)C[C@@H]1C[C@@H](C/C=C(\C)C[C@@H](C)/C=C/C=C3\CO[C@@H]4[C@H](O)C(C)=C[C@@H](C(=O)O1)[C@]34O)O2. The van der Waals surface area contributed by atoms with Gasteiger partial charge in [0.1, 0.15) is 29.8 Å². The van der Waals surface area contributed by atoms with Gasteiger partial charge in [0.05, 0.1) is 30.8 Å². The van der Waals surface area contributed by atoms with Gasteiger partial charge in [-0.3, -0.25) is 9.59 Å². The highest BCUT2D eigenvalue weighted by Crippen LogP contribution is 2.50. The van der Waals surface area contributed by atoms with Crippen LogP contribution in [0.5, 0.6) is 0 Å². The van der Waals surface area contributed by atoms with Crippen LogP contribution in [-0.2, 0) is 33.3 Å². The summed E-state index contributed by atoms with van der Waals surface area (Å²) in [6.45, 7) is 16.1. The molecule has 1 aliphatic carbocycles. The maximum atomic E-state index is 14.1. The van der Waals surface area contributed by atoms with Gasteiger partial charge in [-0.1, -0.05) is 56.7 Å². The van der Waals surface area contributed by atoms with Crippen LogP contribution in [0, 0.1) is 22.7 Å². The van der Waals surface area contributed by atoms with E-state index < -0.39 is 52.4 Å². The zero-order valence-electron chi connectivity index (χ0n) is 29.5. The van der Waals surface area contributed by atoms with Gasteiger partial charge in [0.15, 0.2) is 5.79 Å². The third-order valence-electron chi connectivity index (χ3n) is 10.8. The van der Waals surface area contributed by atoms with E-state index in [9.17, 15) is 19.8 Å². The van der Waals surface area contributed by atoms with Gasteiger partial charge < -0.3 is 33.9 Å². The molecule has 0 aromatic carbocycles. The van der Waals surface area contributed by atoms with E-state index in [1.165, 1.54) is 5.57 Å². The molecule has 9 heteroatoms. The summed E-state index contributed by atoms with van der Waals surface area (Å²) in [5.41, 5.74) is -0.379. The summed E-state index contributed by atoms with van der Waals surface area (Å²) in [4.78, 5) is 26.7. The van der Waals surface area contributed by atoms with Gasteiger partial charge in [-0.05, 0) is 77.4 Å². The smallest absolute Gasteiger partial charge is 0.316 e. The van der Waals surface area contributed by atoms with Crippen LogP contribution in [0.4, 0.5) is 0 Å². The lowest BCUT2D eigenvalue weighted by Gasteiger charge is -2.53. The Labute approximate surface area is 280 Å². The zero-order chi connectivity index (χ0) is 34.4. The minimum absolute atomic E-state index is 0.110. The van der Waals surface area contributed by atoms with Crippen LogP contribution < -0.4 is 0 Å². The summed E-state index contributed by atoms with van der Waals surface area (Å²) in [5.74, 6) is -2.57. The first-order valence-electron chi connectivity index (χ1n) is 17.5. The van der Waals surface area contributed by atoms with E-state index in [2.05, 4.69) is 39.8 Å². The van der Waals surface area contributed by atoms with E-state index in [4.69, 9.17) is 23.7 Å². The molecule has 4 aliphatic heterocycles. The van der Waals surface area contributed by atoms with Crippen molar-refractivity contribution in [2.24, 2.45) is 22.7 Å². The summed E-state index contributed by atoms with van der Waals surface area (Å²) in [6, 6.07) is 0. The van der Waals surface area contributed by atoms with Crippen molar-refractivity contribution in [2.45, 2.75) is 142 Å². The Balaban J connectivity index is 1.45. The minimum Gasteiger partial charge on any atom is -0.465 e. The summed E-state index contributed by atoms with van der Waals surface area (Å²) in [7, 11) is 0. The van der Waals surface area contributed by atoms with E-state index in [0.29, 0.717) is 49.7 Å². The topological polar surface area (TPSA) is 121 Å². The number of carbonyl (C=O) groups is 2. The second-order valence-corrected chi connectivity index (χ2v) is 16.1. The van der Waals surface area contributed by atoms with Gasteiger partial charge in [0, 0.05) is 24.7 Å². The molecule has 47 heavy (non-hydrogen) atoms. The Kier molecular flexibility index (Phi) is 10.4. The van der Waals surface area contributed by atoms with Crippen LogP contribution >= 0.6 is 0 Å². The molecule has 0 unspecified atom stereocenters. The maximum Gasteiger partial charge on any atom is 0.316 e. The highest BCUT2D eigenvalue weighted by molar-refractivity contribution is 5.78. The highest BCUT2D eigenvalue weighted by atomic mass is 16.7. The second-order valence-electron chi connectivity index (χ2n) is 16.1. The Morgan fingerprint density at radius 1 is 1.15 bits per heavy atom. The number of aliphatic hydroxyl groups is 2. The molecule has 3 fully saturated rings. The zero-order valence-corrected chi connectivity index (χ0v) is 29.5. The average Bonchev–Trinajstić information content (AvgIpc) is 3.34. The van der Waals surface area contributed by atoms with Crippen LogP contribution in [0.25, 0.3) is 0 Å². The van der Waals surface area contributed by atoms with Gasteiger partial charge >= 0.3 is 11.9 Å². The largest absolute Gasteiger partial charge is 0.465 e. The van der Waals surface area contributed by atoms with Crippen LogP contribution in [0.15, 0.2) is 47.1 Å². The number of aliphatic hydroxyl groups excluding tert-OH is 1. The van der Waals surface area contributed by atoms with Crippen molar-refractivity contribution in [3.05, 3.63) is 47.1 Å². The fourth-order valence-electron chi connectivity index (χ4n) is 7.94. The summed E-state index contributed by atoms with van der Waals surface area (Å²) >= 11 is 0. The first kappa shape index (κ1) is 36.0. The average molecular weight is 657 g/mol. The Bertz CT molecular complexity index is 1320. The Morgan fingerprint density at radius 3 is 2.60 bits per heavy atom. The third kappa shape index (κ3) is 7.35. The highest BCUT2D eigenvalue weighted by Gasteiger charge is 2.60. The number of esters is 2. The lowest BCUT2D eigenvalue weighted by molar-refractivity contribution is -0.348. The Hall–Kier alpha value is -2.30. The Morgan fingerprint density at radius 2 is 1.89 bits per heavy atom. The van der Waals surface area contributed by atoms with E-state index >= 15 is 0 Å². The fourth-order valence-corrected chi connectivity index (χ4v) is 7.94. The lowest BCUT2D eigenvalue weighted by Crippen LogP contribution is -2.59. The quantitative estimate of drug-likeness (QED) is 0.283. The van der Waals surface area contributed by atoms with Gasteiger partial charge in [0.25, 0.3) is 0 Å². The molecule has 9 nitrogen and oxygen atoms in total. The first-order chi connectivity index (χ1) is 22.0. The molecule has 2 N–H and O–H groups in total. The van der Waals surface area contributed by atoms with Crippen molar-refractivity contribution in [3.63, 3.8) is 0 Å². The molecule has 3 saturated heterocycles. The summed E-state index contributed by atoms with van der Waals surface area (Å²) in [5, 5.41) is 23.1. The van der Waals surface area contributed by atoms with Gasteiger partial charge in [0.2, 0.25) is 0 Å². The number of rotatable bonds is 3. The van der Waals surface area contributed by atoms with E-state index in [-0.39, 0.29) is 37.3 Å². The molecule has 1 spiro atoms. The van der Waals surface area contributed by atoms with Crippen LogP contribution in [-0.4, -0.2) is 77.3 Å². The molecule has 5 aliphatic rings. The number of hydrogen-bond acceptors (Lipinski definition) is 9. The van der Waals surface area contributed by atoms with E-state index in [1.54, 1.807) is 13.0 Å². The molecule has 262 valence electrons. The molecule has 4 heterocycles. The number of hydrogen-bond donors (Lipinski definition) is 2. The van der Waals surface area contributed by atoms with Crippen LogP contribution in [0.3, 0.4) is 0 Å². The normalized spacial score (nSPS) is 44.3. The molecule has 0 aromatic heterocycles. The molecular weight excluding hydrogens is 600 g/mol. The number of ether oxygens (including phenoxy) is 5. The van der Waals surface area contributed by atoms with Crippen molar-refractivity contribution in [1.29, 1.82) is 0 Å². The molecule has 2 bridgehead atoms. The van der Waals surface area contributed by atoms with E-state index in [0.717, 1.165) is 6.42 Å². The number of carbonyl (C=O) groups excluding carboxylic acids is 2. The predicted octanol–water partition coefficient (Wildman–Crippen LogP) is 5.88. The van der Waals surface area contributed by atoms with Crippen molar-refractivity contribution in [2.75, 3.05) is 13.2 Å². The summed E-state index contributed by atoms with van der Waals surface area (Å²) < 4.78 is 31.7. The van der Waals surface area contributed by atoms with Gasteiger partial charge in [-0.25, -0.2) is 0 Å². The number of allylic oxidation sites excluding steroid dienone is 4. The van der Waals surface area contributed by atoms with Gasteiger partial charge in [-0.15, -0.1) is 0 Å². The standard InChI is InChI=1S/C38H56O9/c1-9-30-36(8,22-44-34(41)35(5,6)7)15-16-37(47-30)20-28-19-27(46-37)14-13-24(3)17-23(2)11-10-12-26-21-43-32-31(39)25(4)18-29(33(40)45-28)38(26,32)42/h10-13,18,23,27-32,39,42H,9,14-17,19-22H2,1-8H3/b11-10+,24-13+,26-12+/t23-,27+,28-,29-,30+,31+,32+,36-,37+,38+/m0/s1. The van der Waals surface area contributed by atoms with Crippen molar-refractivity contribution in [1.82, 2.24) is 0 Å². The first-order valence-corrected chi connectivity index (χ1v) is 17.5. The minimum atomic E-state index is -1.74. The van der Waals surface area contributed by atoms with Crippen LogP contribution in [0.2, 0.25) is 0 Å². The monoisotopic (exact) mass is 656 g/mol. The predicted molar refractivity (Wildman–Crippen MR) is 177 cm³/mol. The molecule has 0 aromatic rings. The fraction of sp³-hybridized carbons (Fsp3) is 0.737. The molecule has 0 amide bonds. The maximum absolute atomic E-state index is 14.1. The molecule has 0 saturated carbocycles. The van der Waals surface area contributed by atoms with Crippen molar-refractivity contribution >= 4 is 11.9 Å². The van der Waals surface area contributed by atoms with Gasteiger partial charge in [-0.2, -0.15) is 0 Å². The molecular formula is C38H56O9. The number of fused-ring (bicyclic) bond motifs is 2. The van der Waals surface area contributed by atoms with Crippen molar-refractivity contribution in [3.8, 4) is 0 Å². The molecule has 0 radical (unpaired) electrons. The lowest BCUT2D eigenvalue weighted by atomic mass is 9.71. The molecule has 10 atom stereocenters. The third-order valence-corrected chi connectivity index (χ3v) is 10.8. The van der Waals surface area contributed by atoms with E-state index in [1.807, 2.05) is 32.9 Å². The molecule has 5 rings (SSSR count). The van der Waals surface area contributed by atoms with Crippen molar-refractivity contribution < 1.29 is 43.5 Å².